The third kappa shape index (κ3) is 3.65. The number of rotatable bonds is 4. The number of hydrogen-bond acceptors (Lipinski definition) is 2. The number of anilines is 1. The van der Waals surface area contributed by atoms with Crippen LogP contribution in [-0.4, -0.2) is 18.1 Å². The van der Waals surface area contributed by atoms with E-state index < -0.39 is 11.7 Å². The lowest BCUT2D eigenvalue weighted by molar-refractivity contribution is -0.137. The monoisotopic (exact) mass is 350 g/mol. The van der Waals surface area contributed by atoms with Crippen LogP contribution >= 0.6 is 15.9 Å². The number of nitrogens with zero attached hydrogens (tertiary/aromatic N) is 2. The van der Waals surface area contributed by atoms with Crippen molar-refractivity contribution >= 4 is 21.7 Å². The number of hydrogen-bond donors (Lipinski definition) is 0. The van der Waals surface area contributed by atoms with Crippen LogP contribution in [0.4, 0.5) is 19.0 Å². The third-order valence-corrected chi connectivity index (χ3v) is 4.37. The van der Waals surface area contributed by atoms with E-state index >= 15 is 0 Å². The van der Waals surface area contributed by atoms with Crippen LogP contribution in [-0.2, 0) is 6.18 Å². The van der Waals surface area contributed by atoms with Crippen molar-refractivity contribution in [2.24, 2.45) is 5.92 Å². The minimum absolute atomic E-state index is 0.409. The molecule has 0 aromatic carbocycles. The summed E-state index contributed by atoms with van der Waals surface area (Å²) in [5.41, 5.74) is -0.718. The second-order valence-electron chi connectivity index (χ2n) is 5.22. The lowest BCUT2D eigenvalue weighted by Crippen LogP contribution is -2.29. The van der Waals surface area contributed by atoms with E-state index in [1.807, 2.05) is 6.92 Å². The van der Waals surface area contributed by atoms with E-state index in [0.29, 0.717) is 16.2 Å². The van der Waals surface area contributed by atoms with Crippen LogP contribution in [0.2, 0.25) is 0 Å². The van der Waals surface area contributed by atoms with Crippen LogP contribution in [0.1, 0.15) is 38.2 Å². The molecule has 0 radical (unpaired) electrons. The number of aromatic nitrogens is 1. The van der Waals surface area contributed by atoms with Gasteiger partial charge in [-0.1, -0.05) is 12.8 Å². The van der Waals surface area contributed by atoms with Crippen molar-refractivity contribution in [2.45, 2.75) is 38.8 Å². The Morgan fingerprint density at radius 3 is 2.50 bits per heavy atom. The highest BCUT2D eigenvalue weighted by molar-refractivity contribution is 9.10. The summed E-state index contributed by atoms with van der Waals surface area (Å²) in [6.45, 7) is 3.61. The molecule has 0 N–H and O–H groups in total. The van der Waals surface area contributed by atoms with Crippen molar-refractivity contribution in [1.82, 2.24) is 4.98 Å². The molecule has 0 amide bonds. The van der Waals surface area contributed by atoms with Gasteiger partial charge in [0.2, 0.25) is 0 Å². The summed E-state index contributed by atoms with van der Waals surface area (Å²) < 4.78 is 38.3. The summed E-state index contributed by atoms with van der Waals surface area (Å²) in [7, 11) is 0. The number of alkyl halides is 3. The van der Waals surface area contributed by atoms with Crippen LogP contribution in [0.15, 0.2) is 16.7 Å². The van der Waals surface area contributed by atoms with E-state index in [1.165, 1.54) is 25.7 Å². The predicted molar refractivity (Wildman–Crippen MR) is 76.8 cm³/mol. The van der Waals surface area contributed by atoms with Crippen molar-refractivity contribution < 1.29 is 13.2 Å². The topological polar surface area (TPSA) is 16.1 Å². The van der Waals surface area contributed by atoms with E-state index in [4.69, 9.17) is 0 Å². The van der Waals surface area contributed by atoms with Crippen LogP contribution in [0.5, 0.6) is 0 Å². The van der Waals surface area contributed by atoms with E-state index in [-0.39, 0.29) is 0 Å². The molecule has 0 aliphatic heterocycles. The standard InChI is InChI=1S/C14H18BrF3N2/c1-2-20(9-10-5-3-4-6-10)13-12(15)7-11(8-19-13)14(16,17)18/h7-8,10H,2-6,9H2,1H3. The molecule has 1 saturated carbocycles. The van der Waals surface area contributed by atoms with Gasteiger partial charge in [-0.05, 0) is 47.7 Å². The van der Waals surface area contributed by atoms with Crippen LogP contribution < -0.4 is 4.90 Å². The Labute approximate surface area is 125 Å². The molecule has 0 atom stereocenters. The molecule has 0 saturated heterocycles. The van der Waals surface area contributed by atoms with Crippen LogP contribution in [0, 0.1) is 5.92 Å². The molecule has 1 aliphatic carbocycles. The Hall–Kier alpha value is -0.780. The first-order valence-electron chi connectivity index (χ1n) is 6.89. The van der Waals surface area contributed by atoms with Gasteiger partial charge in [0.1, 0.15) is 5.82 Å². The first-order chi connectivity index (χ1) is 9.41. The first kappa shape index (κ1) is 15.6. The molecule has 20 heavy (non-hydrogen) atoms. The van der Waals surface area contributed by atoms with E-state index in [2.05, 4.69) is 25.8 Å². The predicted octanol–water partition coefficient (Wildman–Crippen LogP) is 4.88. The van der Waals surface area contributed by atoms with Crippen molar-refractivity contribution in [3.05, 3.63) is 22.3 Å². The molecule has 1 fully saturated rings. The largest absolute Gasteiger partial charge is 0.417 e. The van der Waals surface area contributed by atoms with E-state index in [1.54, 1.807) is 0 Å². The summed E-state index contributed by atoms with van der Waals surface area (Å²) in [5.74, 6) is 1.23. The summed E-state index contributed by atoms with van der Waals surface area (Å²) in [5, 5.41) is 0. The van der Waals surface area contributed by atoms with Gasteiger partial charge in [-0.3, -0.25) is 0 Å². The lowest BCUT2D eigenvalue weighted by atomic mass is 10.1. The maximum Gasteiger partial charge on any atom is 0.417 e. The fraction of sp³-hybridized carbons (Fsp3) is 0.643. The second-order valence-corrected chi connectivity index (χ2v) is 6.07. The van der Waals surface area contributed by atoms with Crippen molar-refractivity contribution in [3.8, 4) is 0 Å². The minimum Gasteiger partial charge on any atom is -0.356 e. The summed E-state index contributed by atoms with van der Waals surface area (Å²) in [6, 6.07) is 1.11. The van der Waals surface area contributed by atoms with Crippen molar-refractivity contribution in [1.29, 1.82) is 0 Å². The van der Waals surface area contributed by atoms with E-state index in [0.717, 1.165) is 25.4 Å². The maximum absolute atomic E-state index is 12.6. The van der Waals surface area contributed by atoms with Gasteiger partial charge in [0.25, 0.3) is 0 Å². The van der Waals surface area contributed by atoms with Gasteiger partial charge in [0.05, 0.1) is 10.0 Å². The van der Waals surface area contributed by atoms with Gasteiger partial charge >= 0.3 is 6.18 Å². The zero-order valence-electron chi connectivity index (χ0n) is 11.4. The Balaban J connectivity index is 2.17. The van der Waals surface area contributed by atoms with Crippen LogP contribution in [0.25, 0.3) is 0 Å². The molecule has 0 spiro atoms. The lowest BCUT2D eigenvalue weighted by Gasteiger charge is -2.26. The highest BCUT2D eigenvalue weighted by Gasteiger charge is 2.32. The molecule has 0 bridgehead atoms. The fourth-order valence-electron chi connectivity index (χ4n) is 2.69. The molecule has 1 aliphatic rings. The smallest absolute Gasteiger partial charge is 0.356 e. The van der Waals surface area contributed by atoms with Gasteiger partial charge < -0.3 is 4.90 Å². The Morgan fingerprint density at radius 1 is 1.35 bits per heavy atom. The van der Waals surface area contributed by atoms with Gasteiger partial charge in [-0.2, -0.15) is 13.2 Å². The van der Waals surface area contributed by atoms with Gasteiger partial charge in [0.15, 0.2) is 0 Å². The summed E-state index contributed by atoms with van der Waals surface area (Å²) in [4.78, 5) is 6.07. The molecule has 6 heteroatoms. The quantitative estimate of drug-likeness (QED) is 0.769. The van der Waals surface area contributed by atoms with Gasteiger partial charge in [0, 0.05) is 19.3 Å². The second kappa shape index (κ2) is 6.33. The normalized spacial score (nSPS) is 16.6. The Kier molecular flexibility index (Phi) is 4.94. The molecule has 1 aromatic rings. The molecular formula is C14H18BrF3N2. The molecule has 112 valence electrons. The molecule has 2 nitrogen and oxygen atoms in total. The highest BCUT2D eigenvalue weighted by Crippen LogP contribution is 2.34. The molecule has 2 rings (SSSR count). The van der Waals surface area contributed by atoms with Crippen molar-refractivity contribution in [2.75, 3.05) is 18.0 Å². The molecular weight excluding hydrogens is 333 g/mol. The first-order valence-corrected chi connectivity index (χ1v) is 7.68. The molecule has 1 heterocycles. The average molecular weight is 351 g/mol. The van der Waals surface area contributed by atoms with Crippen molar-refractivity contribution in [3.63, 3.8) is 0 Å². The Morgan fingerprint density at radius 2 is 2.00 bits per heavy atom. The average Bonchev–Trinajstić information content (AvgIpc) is 2.88. The number of pyridine rings is 1. The number of halogens is 4. The third-order valence-electron chi connectivity index (χ3n) is 3.78. The fourth-order valence-corrected chi connectivity index (χ4v) is 3.29. The SMILES string of the molecule is CCN(CC1CCCC1)c1ncc(C(F)(F)F)cc1Br. The minimum atomic E-state index is -4.35. The zero-order chi connectivity index (χ0) is 14.8. The summed E-state index contributed by atoms with van der Waals surface area (Å²) >= 11 is 3.23. The molecule has 0 unspecified atom stereocenters. The summed E-state index contributed by atoms with van der Waals surface area (Å²) in [6.07, 6.45) is 1.48. The molecule has 1 aromatic heterocycles. The zero-order valence-corrected chi connectivity index (χ0v) is 13.0. The van der Waals surface area contributed by atoms with Gasteiger partial charge in [-0.25, -0.2) is 4.98 Å². The highest BCUT2D eigenvalue weighted by atomic mass is 79.9. The van der Waals surface area contributed by atoms with Gasteiger partial charge in [-0.15, -0.1) is 0 Å². The van der Waals surface area contributed by atoms with E-state index in [9.17, 15) is 13.2 Å². The van der Waals surface area contributed by atoms with Crippen LogP contribution in [0.3, 0.4) is 0 Å². The maximum atomic E-state index is 12.6. The Bertz CT molecular complexity index is 456.